The average Bonchev–Trinajstić information content (AvgIpc) is 3.23. The number of nitrogens with zero attached hydrogens (tertiary/aromatic N) is 4. The normalized spacial score (nSPS) is 29.8. The lowest BCUT2D eigenvalue weighted by Gasteiger charge is -2.57. The molecule has 0 radical (unpaired) electrons. The van der Waals surface area contributed by atoms with E-state index >= 15 is 0 Å². The van der Waals surface area contributed by atoms with Crippen LogP contribution in [0.5, 0.6) is 0 Å². The second-order valence-corrected chi connectivity index (χ2v) is 13.7. The maximum atomic E-state index is 14.2. The molecule has 6 aliphatic rings. The molecule has 0 aromatic heterocycles. The van der Waals surface area contributed by atoms with E-state index in [9.17, 15) is 14.4 Å². The number of carbonyl (C=O) groups is 3. The van der Waals surface area contributed by atoms with E-state index in [0.29, 0.717) is 45.1 Å². The van der Waals surface area contributed by atoms with Gasteiger partial charge in [-0.15, -0.1) is 0 Å². The first kappa shape index (κ1) is 26.5. The summed E-state index contributed by atoms with van der Waals surface area (Å²) in [6.45, 7) is 2.16. The molecular formula is C34H42N4O3. The van der Waals surface area contributed by atoms with Gasteiger partial charge in [-0.2, -0.15) is 0 Å². The lowest BCUT2D eigenvalue weighted by molar-refractivity contribution is -0.160. The summed E-state index contributed by atoms with van der Waals surface area (Å²) in [6, 6.07) is 20.0. The molecule has 0 unspecified atom stereocenters. The van der Waals surface area contributed by atoms with E-state index in [0.717, 1.165) is 48.3 Å². The standard InChI is InChI=1S/C34H42N4O3/c1-35(22-25-8-4-2-5-9-25)30(39)23-37-24-38(29-10-6-3-7-11-29)34(32(37)41)12-14-36(15-13-34)31(40)33-19-26-16-27(20-33)18-28(17-26)21-33/h2-11,26-28H,12-24H2,1H3. The quantitative estimate of drug-likeness (QED) is 0.527. The number of para-hydroxylation sites is 1. The molecule has 41 heavy (non-hydrogen) atoms. The van der Waals surface area contributed by atoms with Gasteiger partial charge in [0, 0.05) is 32.4 Å². The van der Waals surface area contributed by atoms with E-state index in [4.69, 9.17) is 0 Å². The number of hydrogen-bond donors (Lipinski definition) is 0. The first-order valence-electron chi connectivity index (χ1n) is 15.5. The molecule has 0 atom stereocenters. The monoisotopic (exact) mass is 554 g/mol. The van der Waals surface area contributed by atoms with Gasteiger partial charge in [0.2, 0.25) is 11.8 Å². The second-order valence-electron chi connectivity index (χ2n) is 13.7. The van der Waals surface area contributed by atoms with Gasteiger partial charge < -0.3 is 19.6 Å². The summed E-state index contributed by atoms with van der Waals surface area (Å²) in [5, 5.41) is 0. The number of hydrogen-bond acceptors (Lipinski definition) is 4. The minimum atomic E-state index is -0.724. The fourth-order valence-corrected chi connectivity index (χ4v) is 9.34. The number of rotatable bonds is 6. The maximum Gasteiger partial charge on any atom is 0.250 e. The van der Waals surface area contributed by atoms with E-state index in [1.807, 2.05) is 48.5 Å². The minimum Gasteiger partial charge on any atom is -0.342 e. The van der Waals surface area contributed by atoms with Crippen molar-refractivity contribution in [3.8, 4) is 0 Å². The molecule has 4 aliphatic carbocycles. The predicted octanol–water partition coefficient (Wildman–Crippen LogP) is 4.53. The van der Waals surface area contributed by atoms with Crippen LogP contribution in [0.25, 0.3) is 0 Å². The molecule has 6 fully saturated rings. The Bertz CT molecular complexity index is 1270. The number of likely N-dealkylation sites (N-methyl/N-ethyl adjacent to an activating group) is 1. The summed E-state index contributed by atoms with van der Waals surface area (Å²) in [6.07, 6.45) is 8.39. The molecular weight excluding hydrogens is 512 g/mol. The van der Waals surface area contributed by atoms with Crippen LogP contribution in [0.2, 0.25) is 0 Å². The highest BCUT2D eigenvalue weighted by atomic mass is 16.2. The molecule has 2 aliphatic heterocycles. The zero-order valence-corrected chi connectivity index (χ0v) is 24.2. The second kappa shape index (κ2) is 10.2. The van der Waals surface area contributed by atoms with Crippen LogP contribution >= 0.6 is 0 Å². The van der Waals surface area contributed by atoms with Crippen molar-refractivity contribution in [2.45, 2.75) is 63.5 Å². The Morgan fingerprint density at radius 1 is 0.854 bits per heavy atom. The minimum absolute atomic E-state index is 0.0183. The smallest absolute Gasteiger partial charge is 0.250 e. The van der Waals surface area contributed by atoms with Gasteiger partial charge in [0.15, 0.2) is 0 Å². The molecule has 8 rings (SSSR count). The number of piperidine rings is 1. The topological polar surface area (TPSA) is 64.2 Å². The Morgan fingerprint density at radius 2 is 1.41 bits per heavy atom. The van der Waals surface area contributed by atoms with E-state index in [2.05, 4.69) is 21.9 Å². The number of amides is 3. The Hall–Kier alpha value is -3.35. The molecule has 2 saturated heterocycles. The van der Waals surface area contributed by atoms with Crippen molar-refractivity contribution >= 4 is 23.4 Å². The molecule has 2 aromatic carbocycles. The van der Waals surface area contributed by atoms with Gasteiger partial charge in [-0.05, 0) is 86.8 Å². The van der Waals surface area contributed by atoms with Gasteiger partial charge in [-0.3, -0.25) is 14.4 Å². The SMILES string of the molecule is CN(Cc1ccccc1)C(=O)CN1CN(c2ccccc2)C2(CCN(C(=O)C34CC5CC(CC(C5)C3)C4)CC2)C1=O. The zero-order valence-electron chi connectivity index (χ0n) is 24.2. The van der Waals surface area contributed by atoms with Crippen LogP contribution in [0, 0.1) is 23.2 Å². The Balaban J connectivity index is 1.07. The Morgan fingerprint density at radius 3 is 2.00 bits per heavy atom. The summed E-state index contributed by atoms with van der Waals surface area (Å²) in [7, 11) is 1.80. The maximum absolute atomic E-state index is 14.2. The van der Waals surface area contributed by atoms with Crippen LogP contribution in [0.1, 0.15) is 56.9 Å². The average molecular weight is 555 g/mol. The highest BCUT2D eigenvalue weighted by molar-refractivity contribution is 5.96. The van der Waals surface area contributed by atoms with Gasteiger partial charge in [0.25, 0.3) is 5.91 Å². The summed E-state index contributed by atoms with van der Waals surface area (Å²) < 4.78 is 0. The van der Waals surface area contributed by atoms with Crippen LogP contribution in [0.3, 0.4) is 0 Å². The third kappa shape index (κ3) is 4.61. The molecule has 216 valence electrons. The van der Waals surface area contributed by atoms with Crippen molar-refractivity contribution in [2.24, 2.45) is 23.2 Å². The van der Waals surface area contributed by atoms with Crippen LogP contribution < -0.4 is 4.90 Å². The van der Waals surface area contributed by atoms with Crippen molar-refractivity contribution < 1.29 is 14.4 Å². The Kier molecular flexibility index (Phi) is 6.59. The number of benzene rings is 2. The van der Waals surface area contributed by atoms with Crippen molar-refractivity contribution in [2.75, 3.05) is 38.3 Å². The van der Waals surface area contributed by atoms with Crippen LogP contribution in [0.15, 0.2) is 60.7 Å². The number of anilines is 1. The lowest BCUT2D eigenvalue weighted by Crippen LogP contribution is -2.61. The molecule has 2 aromatic rings. The molecule has 4 bridgehead atoms. The zero-order chi connectivity index (χ0) is 28.2. The highest BCUT2D eigenvalue weighted by Crippen LogP contribution is 2.60. The van der Waals surface area contributed by atoms with Gasteiger partial charge in [0.05, 0.1) is 12.1 Å². The molecule has 1 spiro atoms. The lowest BCUT2D eigenvalue weighted by atomic mass is 9.49. The molecule has 7 heteroatoms. The molecule has 7 nitrogen and oxygen atoms in total. The van der Waals surface area contributed by atoms with Gasteiger partial charge >= 0.3 is 0 Å². The third-order valence-corrected chi connectivity index (χ3v) is 11.0. The molecule has 3 amide bonds. The van der Waals surface area contributed by atoms with Gasteiger partial charge in [0.1, 0.15) is 12.1 Å². The van der Waals surface area contributed by atoms with Crippen LogP contribution in [-0.2, 0) is 20.9 Å². The van der Waals surface area contributed by atoms with Gasteiger partial charge in [-0.25, -0.2) is 0 Å². The van der Waals surface area contributed by atoms with Crippen molar-refractivity contribution in [1.82, 2.24) is 14.7 Å². The largest absolute Gasteiger partial charge is 0.342 e. The van der Waals surface area contributed by atoms with Gasteiger partial charge in [-0.1, -0.05) is 48.5 Å². The first-order chi connectivity index (χ1) is 19.8. The summed E-state index contributed by atoms with van der Waals surface area (Å²) in [4.78, 5) is 49.3. The van der Waals surface area contributed by atoms with Crippen molar-refractivity contribution in [1.29, 1.82) is 0 Å². The predicted molar refractivity (Wildman–Crippen MR) is 158 cm³/mol. The van der Waals surface area contributed by atoms with E-state index < -0.39 is 5.54 Å². The van der Waals surface area contributed by atoms with E-state index in [1.54, 1.807) is 16.8 Å². The summed E-state index contributed by atoms with van der Waals surface area (Å²) in [5.74, 6) is 2.51. The van der Waals surface area contributed by atoms with E-state index in [1.165, 1.54) is 19.3 Å². The first-order valence-corrected chi connectivity index (χ1v) is 15.5. The van der Waals surface area contributed by atoms with Crippen LogP contribution in [0.4, 0.5) is 5.69 Å². The van der Waals surface area contributed by atoms with Crippen molar-refractivity contribution in [3.05, 3.63) is 66.2 Å². The molecule has 4 saturated carbocycles. The third-order valence-electron chi connectivity index (χ3n) is 11.0. The highest BCUT2D eigenvalue weighted by Gasteiger charge is 2.58. The Labute approximate surface area is 243 Å². The summed E-state index contributed by atoms with van der Waals surface area (Å²) in [5.41, 5.74) is 1.18. The van der Waals surface area contributed by atoms with Crippen LogP contribution in [-0.4, -0.2) is 71.3 Å². The fraction of sp³-hybridized carbons (Fsp3) is 0.559. The fourth-order valence-electron chi connectivity index (χ4n) is 9.34. The summed E-state index contributed by atoms with van der Waals surface area (Å²) >= 11 is 0. The molecule has 2 heterocycles. The number of likely N-dealkylation sites (tertiary alicyclic amines) is 1. The number of carbonyl (C=O) groups excluding carboxylic acids is 3. The van der Waals surface area contributed by atoms with E-state index in [-0.39, 0.29) is 23.8 Å². The van der Waals surface area contributed by atoms with Crippen molar-refractivity contribution in [3.63, 3.8) is 0 Å². The molecule has 0 N–H and O–H groups in total.